The van der Waals surface area contributed by atoms with Crippen molar-refractivity contribution < 1.29 is 19.0 Å². The topological polar surface area (TPSA) is 81.7 Å². The highest BCUT2D eigenvalue weighted by Crippen LogP contribution is 2.38. The number of urea groups is 1. The molecule has 2 aromatic carbocycles. The molecule has 7 nitrogen and oxygen atoms in total. The predicted octanol–water partition coefficient (Wildman–Crippen LogP) is 5.57. The van der Waals surface area contributed by atoms with Gasteiger partial charge in [-0.2, -0.15) is 0 Å². The number of pyridine rings is 1. The zero-order chi connectivity index (χ0) is 22.4. The highest BCUT2D eigenvalue weighted by atomic mass is 79.9. The molecule has 1 aromatic heterocycles. The van der Waals surface area contributed by atoms with Gasteiger partial charge >= 0.3 is 6.03 Å². The van der Waals surface area contributed by atoms with E-state index in [0.29, 0.717) is 41.5 Å². The van der Waals surface area contributed by atoms with Gasteiger partial charge in [-0.1, -0.05) is 15.9 Å². The fourth-order valence-electron chi connectivity index (χ4n) is 3.12. The average Bonchev–Trinajstić information content (AvgIpc) is 2.75. The third-order valence-corrected chi connectivity index (χ3v) is 4.97. The molecule has 0 atom stereocenters. The minimum atomic E-state index is -0.233. The number of rotatable bonds is 8. The molecule has 0 aliphatic rings. The summed E-state index contributed by atoms with van der Waals surface area (Å²) in [7, 11) is 1.60. The van der Waals surface area contributed by atoms with Gasteiger partial charge in [-0.3, -0.25) is 4.98 Å². The van der Waals surface area contributed by atoms with Crippen molar-refractivity contribution in [2.75, 3.05) is 30.9 Å². The molecule has 0 saturated heterocycles. The molecule has 0 saturated carbocycles. The van der Waals surface area contributed by atoms with Gasteiger partial charge in [0.2, 0.25) is 0 Å². The summed E-state index contributed by atoms with van der Waals surface area (Å²) >= 11 is 3.36. The lowest BCUT2D eigenvalue weighted by molar-refractivity contribution is 0.252. The van der Waals surface area contributed by atoms with Crippen LogP contribution >= 0.6 is 15.9 Å². The maximum atomic E-state index is 11.9. The average molecular weight is 488 g/mol. The van der Waals surface area contributed by atoms with Crippen LogP contribution in [0.1, 0.15) is 18.1 Å². The van der Waals surface area contributed by atoms with Crippen LogP contribution in [-0.4, -0.2) is 36.6 Å². The van der Waals surface area contributed by atoms with Gasteiger partial charge < -0.3 is 24.8 Å². The number of hydrogen-bond acceptors (Lipinski definition) is 5. The molecule has 1 heterocycles. The Labute approximate surface area is 190 Å². The Morgan fingerprint density at radius 1 is 1.06 bits per heavy atom. The molecule has 3 rings (SSSR count). The van der Waals surface area contributed by atoms with Crippen LogP contribution in [0.5, 0.6) is 23.0 Å². The SMILES string of the molecule is CCNC(=O)Nc1cc(C)c(Oc2ccnc3cc(OCCBr)c(OC)cc23)cc1C. The Hall–Kier alpha value is -3.00. The van der Waals surface area contributed by atoms with E-state index >= 15 is 0 Å². The fourth-order valence-corrected chi connectivity index (χ4v) is 3.28. The number of nitrogens with zero attached hydrogens (tertiary/aromatic N) is 1. The molecular weight excluding hydrogens is 462 g/mol. The molecule has 0 aliphatic carbocycles. The van der Waals surface area contributed by atoms with E-state index in [1.807, 2.05) is 51.1 Å². The molecule has 31 heavy (non-hydrogen) atoms. The molecule has 0 bridgehead atoms. The normalized spacial score (nSPS) is 10.6. The van der Waals surface area contributed by atoms with Crippen LogP contribution in [0.2, 0.25) is 0 Å². The van der Waals surface area contributed by atoms with E-state index in [4.69, 9.17) is 14.2 Å². The number of methoxy groups -OCH3 is 1. The molecular formula is C23H26BrN3O4. The van der Waals surface area contributed by atoms with Gasteiger partial charge in [0.25, 0.3) is 0 Å². The molecule has 2 N–H and O–H groups in total. The zero-order valence-electron chi connectivity index (χ0n) is 18.0. The first-order chi connectivity index (χ1) is 15.0. The summed E-state index contributed by atoms with van der Waals surface area (Å²) in [5.41, 5.74) is 3.28. The van der Waals surface area contributed by atoms with Crippen molar-refractivity contribution in [2.45, 2.75) is 20.8 Å². The van der Waals surface area contributed by atoms with Gasteiger partial charge in [0.05, 0.1) is 19.2 Å². The first kappa shape index (κ1) is 22.7. The van der Waals surface area contributed by atoms with Crippen molar-refractivity contribution in [3.05, 3.63) is 47.7 Å². The summed E-state index contributed by atoms with van der Waals surface area (Å²) in [6.07, 6.45) is 1.70. The van der Waals surface area contributed by atoms with Gasteiger partial charge in [0.1, 0.15) is 11.5 Å². The second-order valence-electron chi connectivity index (χ2n) is 6.89. The lowest BCUT2D eigenvalue weighted by Crippen LogP contribution is -2.28. The third kappa shape index (κ3) is 5.38. The number of halogens is 1. The largest absolute Gasteiger partial charge is 0.493 e. The number of fused-ring (bicyclic) bond motifs is 1. The maximum absolute atomic E-state index is 11.9. The molecule has 0 radical (unpaired) electrons. The summed E-state index contributed by atoms with van der Waals surface area (Å²) in [6, 6.07) is 9.11. The third-order valence-electron chi connectivity index (χ3n) is 4.65. The van der Waals surface area contributed by atoms with E-state index < -0.39 is 0 Å². The van der Waals surface area contributed by atoms with Gasteiger partial charge in [0, 0.05) is 35.2 Å². The van der Waals surface area contributed by atoms with Crippen molar-refractivity contribution in [2.24, 2.45) is 0 Å². The second kappa shape index (κ2) is 10.3. The zero-order valence-corrected chi connectivity index (χ0v) is 19.6. The van der Waals surface area contributed by atoms with Crippen LogP contribution in [0, 0.1) is 13.8 Å². The first-order valence-corrected chi connectivity index (χ1v) is 11.1. The van der Waals surface area contributed by atoms with E-state index in [0.717, 1.165) is 27.7 Å². The number of amides is 2. The van der Waals surface area contributed by atoms with Crippen LogP contribution in [0.15, 0.2) is 36.5 Å². The monoisotopic (exact) mass is 487 g/mol. The van der Waals surface area contributed by atoms with Crippen LogP contribution in [0.4, 0.5) is 10.5 Å². The molecule has 0 unspecified atom stereocenters. The molecule has 2 amide bonds. The minimum absolute atomic E-state index is 0.233. The summed E-state index contributed by atoms with van der Waals surface area (Å²) in [5, 5.41) is 7.12. The molecule has 0 aliphatic heterocycles. The number of hydrogen-bond donors (Lipinski definition) is 2. The first-order valence-electron chi connectivity index (χ1n) is 9.96. The van der Waals surface area contributed by atoms with E-state index in [9.17, 15) is 4.79 Å². The van der Waals surface area contributed by atoms with Crippen molar-refractivity contribution in [1.82, 2.24) is 10.3 Å². The molecule has 0 spiro atoms. The number of aryl methyl sites for hydroxylation is 2. The van der Waals surface area contributed by atoms with Gasteiger partial charge in [-0.25, -0.2) is 4.79 Å². The number of benzene rings is 2. The quantitative estimate of drug-likeness (QED) is 0.406. The second-order valence-corrected chi connectivity index (χ2v) is 7.68. The Balaban J connectivity index is 1.94. The molecule has 3 aromatic rings. The number of aromatic nitrogens is 1. The number of ether oxygens (including phenoxy) is 3. The maximum Gasteiger partial charge on any atom is 0.319 e. The summed E-state index contributed by atoms with van der Waals surface area (Å²) in [5.74, 6) is 2.60. The van der Waals surface area contributed by atoms with E-state index in [1.54, 1.807) is 13.3 Å². The lowest BCUT2D eigenvalue weighted by atomic mass is 10.1. The number of alkyl halides is 1. The summed E-state index contributed by atoms with van der Waals surface area (Å²) in [6.45, 7) is 6.82. The van der Waals surface area contributed by atoms with Gasteiger partial charge in [-0.05, 0) is 56.2 Å². The summed E-state index contributed by atoms with van der Waals surface area (Å²) in [4.78, 5) is 16.3. The molecule has 8 heteroatoms. The highest BCUT2D eigenvalue weighted by Gasteiger charge is 2.14. The van der Waals surface area contributed by atoms with E-state index in [-0.39, 0.29) is 6.03 Å². The number of anilines is 1. The molecule has 0 fully saturated rings. The predicted molar refractivity (Wildman–Crippen MR) is 126 cm³/mol. The lowest BCUT2D eigenvalue weighted by Gasteiger charge is -2.16. The Bertz CT molecular complexity index is 1090. The van der Waals surface area contributed by atoms with E-state index in [2.05, 4.69) is 31.5 Å². The van der Waals surface area contributed by atoms with Crippen LogP contribution in [0.25, 0.3) is 10.9 Å². The Morgan fingerprint density at radius 2 is 1.87 bits per heavy atom. The minimum Gasteiger partial charge on any atom is -0.493 e. The Morgan fingerprint density at radius 3 is 2.58 bits per heavy atom. The van der Waals surface area contributed by atoms with Crippen molar-refractivity contribution in [3.8, 4) is 23.0 Å². The number of nitrogens with one attached hydrogen (secondary N) is 2. The van der Waals surface area contributed by atoms with Crippen LogP contribution in [-0.2, 0) is 0 Å². The standard InChI is InChI=1S/C23H26BrN3O4/c1-5-25-23(28)27-17-10-15(3)20(11-14(17)2)31-19-6-8-26-18-13-22(30-9-7-24)21(29-4)12-16(18)19/h6,8,10-13H,5,7,9H2,1-4H3,(H2,25,27,28). The van der Waals surface area contributed by atoms with E-state index in [1.165, 1.54) is 0 Å². The fraction of sp³-hybridized carbons (Fsp3) is 0.304. The van der Waals surface area contributed by atoms with Gasteiger partial charge in [-0.15, -0.1) is 0 Å². The van der Waals surface area contributed by atoms with Crippen molar-refractivity contribution in [1.29, 1.82) is 0 Å². The van der Waals surface area contributed by atoms with Crippen LogP contribution < -0.4 is 24.8 Å². The molecule has 164 valence electrons. The highest BCUT2D eigenvalue weighted by molar-refractivity contribution is 9.09. The van der Waals surface area contributed by atoms with Crippen molar-refractivity contribution in [3.63, 3.8) is 0 Å². The smallest absolute Gasteiger partial charge is 0.319 e. The van der Waals surface area contributed by atoms with Crippen molar-refractivity contribution >= 4 is 38.6 Å². The number of carbonyl (C=O) groups excluding carboxylic acids is 1. The summed E-state index contributed by atoms with van der Waals surface area (Å²) < 4.78 is 17.5. The Kier molecular flexibility index (Phi) is 7.57. The number of carbonyl (C=O) groups is 1. The van der Waals surface area contributed by atoms with Crippen LogP contribution in [0.3, 0.4) is 0 Å². The van der Waals surface area contributed by atoms with Gasteiger partial charge in [0.15, 0.2) is 11.5 Å².